The van der Waals surface area contributed by atoms with E-state index in [1.807, 2.05) is 33.9 Å². The van der Waals surface area contributed by atoms with Gasteiger partial charge in [0.25, 0.3) is 5.69 Å². The molecule has 2 amide bonds. The molecule has 7 heteroatoms. The number of carbonyl (C=O) groups excluding carboxylic acids is 2. The van der Waals surface area contributed by atoms with Gasteiger partial charge in [0.15, 0.2) is 8.24 Å². The van der Waals surface area contributed by atoms with Crippen LogP contribution in [0.15, 0.2) is 24.3 Å². The third-order valence-corrected chi connectivity index (χ3v) is 10.3. The van der Waals surface area contributed by atoms with E-state index in [4.69, 9.17) is 0 Å². The number of amides is 2. The van der Waals surface area contributed by atoms with Crippen molar-refractivity contribution in [1.29, 1.82) is 0 Å². The molecule has 1 aliphatic rings. The number of imide groups is 1. The summed E-state index contributed by atoms with van der Waals surface area (Å²) < 4.78 is 1.42. The molecule has 1 aromatic carbocycles. The lowest BCUT2D eigenvalue weighted by molar-refractivity contribution is -0.385. The van der Waals surface area contributed by atoms with Gasteiger partial charge in [0.1, 0.15) is 0 Å². The van der Waals surface area contributed by atoms with E-state index in [1.165, 1.54) is 10.6 Å². The first-order chi connectivity index (χ1) is 10.5. The molecule has 0 aliphatic carbocycles. The fourth-order valence-electron chi connectivity index (χ4n) is 2.75. The lowest BCUT2D eigenvalue weighted by Crippen LogP contribution is -2.57. The maximum atomic E-state index is 12.9. The highest BCUT2D eigenvalue weighted by Crippen LogP contribution is 2.44. The Bertz CT molecular complexity index is 679. The van der Waals surface area contributed by atoms with E-state index in [2.05, 4.69) is 0 Å². The lowest BCUT2D eigenvalue weighted by atomic mass is 9.96. The molecule has 6 nitrogen and oxygen atoms in total. The quantitative estimate of drug-likeness (QED) is 0.367. The molecule has 0 aromatic heterocycles. The second-order valence-electron chi connectivity index (χ2n) is 7.45. The average molecular weight is 334 g/mol. The highest BCUT2D eigenvalue weighted by Gasteiger charge is 2.53. The molecule has 1 heterocycles. The Kier molecular flexibility index (Phi) is 4.19. The zero-order valence-electron chi connectivity index (χ0n) is 14.1. The lowest BCUT2D eigenvalue weighted by Gasteiger charge is -2.42. The van der Waals surface area contributed by atoms with E-state index >= 15 is 0 Å². The fraction of sp³-hybridized carbons (Fsp3) is 0.500. The number of rotatable bonds is 3. The number of hydrogen-bond acceptors (Lipinski definition) is 4. The monoisotopic (exact) mass is 334 g/mol. The maximum absolute atomic E-state index is 12.9. The van der Waals surface area contributed by atoms with E-state index in [9.17, 15) is 19.7 Å². The second-order valence-corrected chi connectivity index (χ2v) is 12.5. The summed E-state index contributed by atoms with van der Waals surface area (Å²) in [6, 6.07) is 6.18. The van der Waals surface area contributed by atoms with Crippen molar-refractivity contribution >= 4 is 25.7 Å². The van der Waals surface area contributed by atoms with Crippen LogP contribution in [0.5, 0.6) is 0 Å². The van der Waals surface area contributed by atoms with Crippen molar-refractivity contribution in [1.82, 2.24) is 4.57 Å². The van der Waals surface area contributed by atoms with E-state index < -0.39 is 19.1 Å². The molecule has 1 aromatic rings. The van der Waals surface area contributed by atoms with Gasteiger partial charge in [-0.1, -0.05) is 52.1 Å². The summed E-state index contributed by atoms with van der Waals surface area (Å²) in [5.74, 6) is -1.26. The van der Waals surface area contributed by atoms with Crippen LogP contribution >= 0.6 is 0 Å². The van der Waals surface area contributed by atoms with Crippen molar-refractivity contribution in [3.05, 3.63) is 39.9 Å². The first kappa shape index (κ1) is 17.3. The molecule has 1 saturated heterocycles. The van der Waals surface area contributed by atoms with Crippen molar-refractivity contribution in [2.24, 2.45) is 0 Å². The predicted octanol–water partition coefficient (Wildman–Crippen LogP) is 3.44. The molecular weight excluding hydrogens is 312 g/mol. The molecule has 1 fully saturated rings. The smallest absolute Gasteiger partial charge is 0.273 e. The van der Waals surface area contributed by atoms with Gasteiger partial charge in [-0.2, -0.15) is 0 Å². The summed E-state index contributed by atoms with van der Waals surface area (Å²) in [4.78, 5) is 36.1. The van der Waals surface area contributed by atoms with Crippen LogP contribution in [-0.2, 0) is 9.59 Å². The van der Waals surface area contributed by atoms with Gasteiger partial charge in [-0.25, -0.2) is 0 Å². The number of para-hydroxylation sites is 1. The summed E-state index contributed by atoms with van der Waals surface area (Å²) in [7, 11) is -2.35. The molecule has 0 N–H and O–H groups in total. The number of hydrogen-bond donors (Lipinski definition) is 0. The third kappa shape index (κ3) is 2.80. The molecule has 0 bridgehead atoms. The molecule has 2 rings (SSSR count). The Morgan fingerprint density at radius 1 is 1.22 bits per heavy atom. The summed E-state index contributed by atoms with van der Waals surface area (Å²) in [5, 5.41) is 11.0. The van der Waals surface area contributed by atoms with Gasteiger partial charge in [-0.3, -0.25) is 19.7 Å². The van der Waals surface area contributed by atoms with Crippen LogP contribution in [0.1, 0.15) is 38.7 Å². The number of benzene rings is 1. The van der Waals surface area contributed by atoms with Gasteiger partial charge in [0.2, 0.25) is 11.8 Å². The van der Waals surface area contributed by atoms with Crippen molar-refractivity contribution < 1.29 is 14.5 Å². The Morgan fingerprint density at radius 3 is 2.30 bits per heavy atom. The van der Waals surface area contributed by atoms with Crippen LogP contribution in [0.25, 0.3) is 0 Å². The largest absolute Gasteiger partial charge is 0.311 e. The number of nitro benzene ring substituents is 1. The van der Waals surface area contributed by atoms with Crippen LogP contribution in [0.3, 0.4) is 0 Å². The molecule has 0 saturated carbocycles. The van der Waals surface area contributed by atoms with Gasteiger partial charge in [0, 0.05) is 18.1 Å². The van der Waals surface area contributed by atoms with E-state index in [0.29, 0.717) is 5.56 Å². The maximum Gasteiger partial charge on any atom is 0.273 e. The first-order valence-corrected chi connectivity index (χ1v) is 10.5. The average Bonchev–Trinajstić information content (AvgIpc) is 2.72. The minimum Gasteiger partial charge on any atom is -0.311 e. The topological polar surface area (TPSA) is 80.5 Å². The fourth-order valence-corrected chi connectivity index (χ4v) is 4.84. The zero-order valence-corrected chi connectivity index (χ0v) is 15.1. The zero-order chi connectivity index (χ0) is 17.6. The summed E-state index contributed by atoms with van der Waals surface area (Å²) >= 11 is 0. The first-order valence-electron chi connectivity index (χ1n) is 7.58. The highest BCUT2D eigenvalue weighted by molar-refractivity contribution is 6.82. The van der Waals surface area contributed by atoms with E-state index in [1.54, 1.807) is 18.2 Å². The molecule has 124 valence electrons. The van der Waals surface area contributed by atoms with Gasteiger partial charge in [-0.15, -0.1) is 0 Å². The molecule has 0 spiro atoms. The third-order valence-electron chi connectivity index (χ3n) is 5.05. The Hall–Kier alpha value is -2.02. The molecule has 23 heavy (non-hydrogen) atoms. The van der Waals surface area contributed by atoms with Crippen LogP contribution in [-0.4, -0.2) is 29.5 Å². The SMILES string of the molecule is CC(C)(C)[Si](C)(C)N1C(=O)CC(c2ccccc2[N+](=O)[O-])C1=O. The normalized spacial score (nSPS) is 19.3. The second kappa shape index (κ2) is 5.56. The molecule has 1 atom stereocenters. The van der Waals surface area contributed by atoms with Crippen LogP contribution in [0.2, 0.25) is 18.1 Å². The standard InChI is InChI=1S/C16H22N2O4Si/c1-16(2,3)23(4,5)17-14(19)10-12(15(17)20)11-8-6-7-9-13(11)18(21)22/h6-9,12H,10H2,1-5H3. The molecule has 1 unspecified atom stereocenters. The van der Waals surface area contributed by atoms with Gasteiger partial charge < -0.3 is 4.57 Å². The highest BCUT2D eigenvalue weighted by atomic mass is 28.3. The van der Waals surface area contributed by atoms with E-state index in [-0.39, 0.29) is 29.0 Å². The summed E-state index contributed by atoms with van der Waals surface area (Å²) in [6.45, 7) is 10.1. The Balaban J connectivity index is 2.46. The van der Waals surface area contributed by atoms with Gasteiger partial charge in [0.05, 0.1) is 10.8 Å². The van der Waals surface area contributed by atoms with Gasteiger partial charge >= 0.3 is 0 Å². The Morgan fingerprint density at radius 2 is 1.78 bits per heavy atom. The predicted molar refractivity (Wildman–Crippen MR) is 89.5 cm³/mol. The minimum atomic E-state index is -2.35. The van der Waals surface area contributed by atoms with Crippen LogP contribution < -0.4 is 0 Å². The molecule has 0 radical (unpaired) electrons. The number of nitro groups is 1. The minimum absolute atomic E-state index is 0.0101. The molecule has 1 aliphatic heterocycles. The number of nitrogens with zero attached hydrogens (tertiary/aromatic N) is 2. The number of carbonyl (C=O) groups is 2. The van der Waals surface area contributed by atoms with E-state index in [0.717, 1.165) is 0 Å². The summed E-state index contributed by atoms with van der Waals surface area (Å²) in [5.41, 5.74) is 0.229. The van der Waals surface area contributed by atoms with Crippen LogP contribution in [0.4, 0.5) is 5.69 Å². The Labute approximate surface area is 136 Å². The molecular formula is C16H22N2O4Si. The summed E-state index contributed by atoms with van der Waals surface area (Å²) in [6.07, 6.45) is 0.0101. The van der Waals surface area contributed by atoms with Crippen molar-refractivity contribution in [2.45, 2.75) is 51.2 Å². The van der Waals surface area contributed by atoms with Crippen molar-refractivity contribution in [2.75, 3.05) is 0 Å². The van der Waals surface area contributed by atoms with Crippen LogP contribution in [0, 0.1) is 10.1 Å². The van der Waals surface area contributed by atoms with Crippen molar-refractivity contribution in [3.63, 3.8) is 0 Å². The van der Waals surface area contributed by atoms with Crippen molar-refractivity contribution in [3.8, 4) is 0 Å². The van der Waals surface area contributed by atoms with Gasteiger partial charge in [-0.05, 0) is 5.04 Å².